The van der Waals surface area contributed by atoms with Crippen LogP contribution in [0.5, 0.6) is 0 Å². The van der Waals surface area contributed by atoms with Gasteiger partial charge in [-0.1, -0.05) is 29.9 Å². The van der Waals surface area contributed by atoms with E-state index in [2.05, 4.69) is 10.1 Å². The number of benzene rings is 1. The predicted molar refractivity (Wildman–Crippen MR) is 62.3 cm³/mol. The van der Waals surface area contributed by atoms with E-state index < -0.39 is 0 Å². The summed E-state index contributed by atoms with van der Waals surface area (Å²) in [4.78, 5) is 4.10. The van der Waals surface area contributed by atoms with E-state index in [-0.39, 0.29) is 4.99 Å². The van der Waals surface area contributed by atoms with E-state index in [1.54, 1.807) is 23.1 Å². The maximum absolute atomic E-state index is 6.01. The summed E-state index contributed by atoms with van der Waals surface area (Å²) >= 11 is 11.0. The molecule has 1 heterocycles. The van der Waals surface area contributed by atoms with Gasteiger partial charge in [0, 0.05) is 0 Å². The third-order valence-electron chi connectivity index (χ3n) is 1.90. The van der Waals surface area contributed by atoms with Crippen molar-refractivity contribution in [1.29, 1.82) is 0 Å². The van der Waals surface area contributed by atoms with Gasteiger partial charge in [0.05, 0.1) is 16.3 Å². The Morgan fingerprint density at radius 2 is 2.27 bits per heavy atom. The van der Waals surface area contributed by atoms with Crippen LogP contribution in [0.25, 0.3) is 5.69 Å². The van der Waals surface area contributed by atoms with Crippen LogP contribution in [0.1, 0.15) is 5.56 Å². The zero-order valence-corrected chi connectivity index (χ0v) is 9.16. The summed E-state index contributed by atoms with van der Waals surface area (Å²) in [6.07, 6.45) is 3.00. The van der Waals surface area contributed by atoms with Gasteiger partial charge in [0.1, 0.15) is 17.6 Å². The van der Waals surface area contributed by atoms with E-state index in [4.69, 9.17) is 29.6 Å². The molecule has 2 N–H and O–H groups in total. The van der Waals surface area contributed by atoms with Crippen LogP contribution in [0, 0.1) is 0 Å². The fourth-order valence-electron chi connectivity index (χ4n) is 1.28. The normalized spacial score (nSPS) is 10.2. The fraction of sp³-hybridized carbons (Fsp3) is 0. The summed E-state index contributed by atoms with van der Waals surface area (Å²) in [5.74, 6) is 0. The minimum absolute atomic E-state index is 0.242. The van der Waals surface area contributed by atoms with Crippen LogP contribution >= 0.6 is 23.8 Å². The van der Waals surface area contributed by atoms with Crippen molar-refractivity contribution >= 4 is 28.8 Å². The highest BCUT2D eigenvalue weighted by Gasteiger charge is 2.11. The van der Waals surface area contributed by atoms with Gasteiger partial charge in [-0.05, 0) is 12.1 Å². The largest absolute Gasteiger partial charge is 0.389 e. The van der Waals surface area contributed by atoms with Crippen LogP contribution in [-0.2, 0) is 0 Å². The molecule has 2 rings (SSSR count). The molecule has 0 spiro atoms. The molecule has 0 atom stereocenters. The van der Waals surface area contributed by atoms with E-state index in [1.807, 2.05) is 6.07 Å². The van der Waals surface area contributed by atoms with Gasteiger partial charge in [-0.3, -0.25) is 0 Å². The van der Waals surface area contributed by atoms with Gasteiger partial charge in [-0.25, -0.2) is 9.67 Å². The zero-order valence-electron chi connectivity index (χ0n) is 7.59. The number of hydrogen-bond acceptors (Lipinski definition) is 3. The molecule has 0 fully saturated rings. The third-order valence-corrected chi connectivity index (χ3v) is 2.42. The standard InChI is InChI=1S/C9H7ClN4S/c10-6-2-1-3-7(8(6)9(11)15)14-5-12-4-13-14/h1-5H,(H2,11,15). The average molecular weight is 239 g/mol. The van der Waals surface area contributed by atoms with Gasteiger partial charge in [-0.2, -0.15) is 5.10 Å². The lowest BCUT2D eigenvalue weighted by molar-refractivity contribution is 0.877. The van der Waals surface area contributed by atoms with Crippen molar-refractivity contribution < 1.29 is 0 Å². The molecule has 2 aromatic rings. The van der Waals surface area contributed by atoms with Crippen molar-refractivity contribution in [2.24, 2.45) is 5.73 Å². The Morgan fingerprint density at radius 3 is 2.87 bits per heavy atom. The summed E-state index contributed by atoms with van der Waals surface area (Å²) < 4.78 is 1.57. The first kappa shape index (κ1) is 10.1. The van der Waals surface area contributed by atoms with Crippen molar-refractivity contribution in [3.63, 3.8) is 0 Å². The SMILES string of the molecule is NC(=S)c1c(Cl)cccc1-n1cncn1. The number of rotatable bonds is 2. The Hall–Kier alpha value is -1.46. The fourth-order valence-corrected chi connectivity index (χ4v) is 1.82. The summed E-state index contributed by atoms with van der Waals surface area (Å²) in [5, 5.41) is 4.51. The maximum Gasteiger partial charge on any atom is 0.138 e. The van der Waals surface area contributed by atoms with Crippen LogP contribution in [0.4, 0.5) is 0 Å². The monoisotopic (exact) mass is 238 g/mol. The predicted octanol–water partition coefficient (Wildman–Crippen LogP) is 1.55. The van der Waals surface area contributed by atoms with E-state index in [0.29, 0.717) is 10.6 Å². The van der Waals surface area contributed by atoms with Gasteiger partial charge < -0.3 is 5.73 Å². The van der Waals surface area contributed by atoms with E-state index in [9.17, 15) is 0 Å². The van der Waals surface area contributed by atoms with Crippen LogP contribution in [0.2, 0.25) is 5.02 Å². The van der Waals surface area contributed by atoms with Crippen molar-refractivity contribution in [3.05, 3.63) is 41.4 Å². The third kappa shape index (κ3) is 1.84. The molecule has 0 saturated heterocycles. The molecule has 1 aromatic heterocycles. The molecule has 76 valence electrons. The number of aromatic nitrogens is 3. The van der Waals surface area contributed by atoms with Crippen LogP contribution in [-0.4, -0.2) is 19.8 Å². The number of halogens is 1. The van der Waals surface area contributed by atoms with Gasteiger partial charge in [0.25, 0.3) is 0 Å². The van der Waals surface area contributed by atoms with Crippen molar-refractivity contribution in [2.45, 2.75) is 0 Å². The zero-order chi connectivity index (χ0) is 10.8. The average Bonchev–Trinajstić information content (AvgIpc) is 2.69. The molecule has 0 bridgehead atoms. The second-order valence-corrected chi connectivity index (χ2v) is 3.69. The minimum Gasteiger partial charge on any atom is -0.389 e. The highest BCUT2D eigenvalue weighted by Crippen LogP contribution is 2.22. The quantitative estimate of drug-likeness (QED) is 0.807. The molecular weight excluding hydrogens is 232 g/mol. The molecule has 0 unspecified atom stereocenters. The Morgan fingerprint density at radius 1 is 1.47 bits per heavy atom. The van der Waals surface area contributed by atoms with Crippen LogP contribution < -0.4 is 5.73 Å². The van der Waals surface area contributed by atoms with Crippen molar-refractivity contribution in [3.8, 4) is 5.69 Å². The van der Waals surface area contributed by atoms with E-state index >= 15 is 0 Å². The highest BCUT2D eigenvalue weighted by molar-refractivity contribution is 7.80. The van der Waals surface area contributed by atoms with Crippen molar-refractivity contribution in [2.75, 3.05) is 0 Å². The second-order valence-electron chi connectivity index (χ2n) is 2.84. The Balaban J connectivity index is 2.66. The summed E-state index contributed by atoms with van der Waals surface area (Å²) in [5.41, 5.74) is 6.95. The topological polar surface area (TPSA) is 56.7 Å². The molecule has 0 saturated carbocycles. The highest BCUT2D eigenvalue weighted by atomic mass is 35.5. The molecule has 1 aromatic carbocycles. The lowest BCUT2D eigenvalue weighted by atomic mass is 10.2. The molecule has 0 amide bonds. The summed E-state index contributed by atoms with van der Waals surface area (Å²) in [6.45, 7) is 0. The first-order valence-corrected chi connectivity index (χ1v) is 4.92. The Kier molecular flexibility index (Phi) is 2.66. The molecule has 0 aliphatic carbocycles. The van der Waals surface area contributed by atoms with Gasteiger partial charge in [-0.15, -0.1) is 0 Å². The smallest absolute Gasteiger partial charge is 0.138 e. The van der Waals surface area contributed by atoms with Gasteiger partial charge >= 0.3 is 0 Å². The summed E-state index contributed by atoms with van der Waals surface area (Å²) in [6, 6.07) is 5.37. The van der Waals surface area contributed by atoms with E-state index in [1.165, 1.54) is 6.33 Å². The number of thiocarbonyl (C=S) groups is 1. The van der Waals surface area contributed by atoms with Gasteiger partial charge in [0.2, 0.25) is 0 Å². The molecule has 6 heteroatoms. The lowest BCUT2D eigenvalue weighted by Gasteiger charge is -2.08. The minimum atomic E-state index is 0.242. The molecule has 0 radical (unpaired) electrons. The first-order chi connectivity index (χ1) is 7.20. The molecule has 0 aliphatic heterocycles. The second kappa shape index (κ2) is 3.96. The number of hydrogen-bond donors (Lipinski definition) is 1. The first-order valence-electron chi connectivity index (χ1n) is 4.13. The molecule has 4 nitrogen and oxygen atoms in total. The van der Waals surface area contributed by atoms with Gasteiger partial charge in [0.15, 0.2) is 0 Å². The summed E-state index contributed by atoms with van der Waals surface area (Å²) in [7, 11) is 0. The molecule has 15 heavy (non-hydrogen) atoms. The van der Waals surface area contributed by atoms with Crippen molar-refractivity contribution in [1.82, 2.24) is 14.8 Å². The molecule has 0 aliphatic rings. The number of nitrogens with zero attached hydrogens (tertiary/aromatic N) is 3. The van der Waals surface area contributed by atoms with Crippen LogP contribution in [0.15, 0.2) is 30.9 Å². The maximum atomic E-state index is 6.01. The Bertz CT molecular complexity index is 495. The van der Waals surface area contributed by atoms with Crippen LogP contribution in [0.3, 0.4) is 0 Å². The number of nitrogens with two attached hydrogens (primary N) is 1. The molecular formula is C9H7ClN4S. The lowest BCUT2D eigenvalue weighted by Crippen LogP contribution is -2.14. The Labute approximate surface area is 96.7 Å². The van der Waals surface area contributed by atoms with E-state index in [0.717, 1.165) is 5.69 Å².